The zero-order chi connectivity index (χ0) is 21.0. The van der Waals surface area contributed by atoms with Crippen molar-refractivity contribution in [2.75, 3.05) is 19.7 Å². The number of nitrogens with two attached hydrogens (primary N) is 1. The van der Waals surface area contributed by atoms with Crippen LogP contribution in [0, 0.1) is 17.0 Å². The Morgan fingerprint density at radius 2 is 1.76 bits per heavy atom. The molecule has 0 atom stereocenters. The molecular formula is C21H21ClF2N2O3. The molecule has 2 aromatic carbocycles. The van der Waals surface area contributed by atoms with Crippen LogP contribution in [-0.2, 0) is 4.79 Å². The first-order valence-corrected chi connectivity index (χ1v) is 9.56. The van der Waals surface area contributed by atoms with Gasteiger partial charge in [-0.3, -0.25) is 9.59 Å². The molecule has 154 valence electrons. The highest BCUT2D eigenvalue weighted by Crippen LogP contribution is 2.36. The highest BCUT2D eigenvalue weighted by atomic mass is 35.5. The first-order chi connectivity index (χ1) is 13.8. The zero-order valence-corrected chi connectivity index (χ0v) is 16.4. The van der Waals surface area contributed by atoms with Gasteiger partial charge < -0.3 is 15.4 Å². The summed E-state index contributed by atoms with van der Waals surface area (Å²) in [6, 6.07) is 9.68. The van der Waals surface area contributed by atoms with Crippen molar-refractivity contribution in [1.29, 1.82) is 0 Å². The molecule has 1 heterocycles. The van der Waals surface area contributed by atoms with Crippen LogP contribution in [0.4, 0.5) is 8.78 Å². The molecule has 0 unspecified atom stereocenters. The Balaban J connectivity index is 1.68. The van der Waals surface area contributed by atoms with E-state index in [0.29, 0.717) is 36.7 Å². The Hall–Kier alpha value is -2.67. The molecule has 1 aliphatic heterocycles. The van der Waals surface area contributed by atoms with E-state index in [1.54, 1.807) is 24.3 Å². The fraction of sp³-hybridized carbons (Fsp3) is 0.333. The number of amides is 2. The Kier molecular flexibility index (Phi) is 6.37. The predicted molar refractivity (Wildman–Crippen MR) is 105 cm³/mol. The van der Waals surface area contributed by atoms with E-state index in [-0.39, 0.29) is 18.6 Å². The summed E-state index contributed by atoms with van der Waals surface area (Å²) >= 11 is 5.97. The minimum Gasteiger partial charge on any atom is -0.493 e. The number of likely N-dealkylation sites (tertiary alicyclic amines) is 1. The molecule has 0 spiro atoms. The molecule has 3 rings (SSSR count). The number of nitrogens with zero attached hydrogens (tertiary/aromatic N) is 1. The molecule has 29 heavy (non-hydrogen) atoms. The van der Waals surface area contributed by atoms with Crippen LogP contribution in [-0.4, -0.2) is 36.4 Å². The number of halogens is 3. The molecule has 0 radical (unpaired) electrons. The number of piperidine rings is 1. The fourth-order valence-corrected chi connectivity index (χ4v) is 3.76. The molecule has 0 aromatic heterocycles. The topological polar surface area (TPSA) is 72.6 Å². The van der Waals surface area contributed by atoms with Crippen LogP contribution in [0.1, 0.15) is 29.6 Å². The summed E-state index contributed by atoms with van der Waals surface area (Å²) in [6.45, 7) is 0.888. The monoisotopic (exact) mass is 422 g/mol. The fourth-order valence-electron chi connectivity index (χ4n) is 3.58. The minimum absolute atomic E-state index is 0.0416. The standard InChI is InChI=1S/C21H21ClF2N2O3/c22-15-2-1-3-18(10-15)29-13-21(12-19(25)27)4-6-26(7-5-21)20(28)14-8-16(23)11-17(24)9-14/h1-3,8-11H,4-7,12-13H2,(H2,25,27). The van der Waals surface area contributed by atoms with E-state index in [2.05, 4.69) is 0 Å². The second-order valence-electron chi connectivity index (χ2n) is 7.34. The van der Waals surface area contributed by atoms with Gasteiger partial charge in [-0.1, -0.05) is 17.7 Å². The second kappa shape index (κ2) is 8.78. The van der Waals surface area contributed by atoms with E-state index in [9.17, 15) is 18.4 Å². The molecule has 2 aromatic rings. The number of hydrogen-bond acceptors (Lipinski definition) is 3. The van der Waals surface area contributed by atoms with Crippen LogP contribution in [0.2, 0.25) is 5.02 Å². The zero-order valence-electron chi connectivity index (χ0n) is 15.7. The van der Waals surface area contributed by atoms with Crippen molar-refractivity contribution in [3.63, 3.8) is 0 Å². The van der Waals surface area contributed by atoms with Gasteiger partial charge in [0.1, 0.15) is 17.4 Å². The third kappa shape index (κ3) is 5.44. The molecular weight excluding hydrogens is 402 g/mol. The number of carbonyl (C=O) groups excluding carboxylic acids is 2. The minimum atomic E-state index is -0.802. The summed E-state index contributed by atoms with van der Waals surface area (Å²) in [4.78, 5) is 25.8. The van der Waals surface area contributed by atoms with Crippen LogP contribution in [0.3, 0.4) is 0 Å². The summed E-state index contributed by atoms with van der Waals surface area (Å²) in [5, 5.41) is 0.536. The first-order valence-electron chi connectivity index (χ1n) is 9.18. The van der Waals surface area contributed by atoms with Crippen LogP contribution >= 0.6 is 11.6 Å². The molecule has 0 aliphatic carbocycles. The van der Waals surface area contributed by atoms with Crippen molar-refractivity contribution in [2.24, 2.45) is 11.1 Å². The predicted octanol–water partition coefficient (Wildman–Crippen LogP) is 3.80. The third-order valence-electron chi connectivity index (χ3n) is 5.11. The van der Waals surface area contributed by atoms with Crippen LogP contribution in [0.15, 0.2) is 42.5 Å². The molecule has 1 aliphatic rings. The lowest BCUT2D eigenvalue weighted by Gasteiger charge is -2.41. The number of primary amides is 1. The van der Waals surface area contributed by atoms with Crippen LogP contribution < -0.4 is 10.5 Å². The van der Waals surface area contributed by atoms with Gasteiger partial charge in [-0.2, -0.15) is 0 Å². The van der Waals surface area contributed by atoms with Crippen molar-refractivity contribution in [2.45, 2.75) is 19.3 Å². The normalized spacial score (nSPS) is 15.8. The molecule has 0 saturated carbocycles. The van der Waals surface area contributed by atoms with E-state index in [1.165, 1.54) is 4.90 Å². The van der Waals surface area contributed by atoms with Crippen LogP contribution in [0.25, 0.3) is 0 Å². The maximum atomic E-state index is 13.4. The van der Waals surface area contributed by atoms with Crippen LogP contribution in [0.5, 0.6) is 5.75 Å². The van der Waals surface area contributed by atoms with E-state index < -0.39 is 28.9 Å². The lowest BCUT2D eigenvalue weighted by atomic mass is 9.76. The molecule has 1 fully saturated rings. The molecule has 8 heteroatoms. The van der Waals surface area contributed by atoms with E-state index in [4.69, 9.17) is 22.1 Å². The van der Waals surface area contributed by atoms with Crippen molar-refractivity contribution >= 4 is 23.4 Å². The average molecular weight is 423 g/mol. The molecule has 5 nitrogen and oxygen atoms in total. The Morgan fingerprint density at radius 3 is 2.34 bits per heavy atom. The number of benzene rings is 2. The number of rotatable bonds is 6. The molecule has 2 N–H and O–H groups in total. The summed E-state index contributed by atoms with van der Waals surface area (Å²) in [5.74, 6) is -1.93. The highest BCUT2D eigenvalue weighted by molar-refractivity contribution is 6.30. The van der Waals surface area contributed by atoms with Gasteiger partial charge in [0.15, 0.2) is 0 Å². The lowest BCUT2D eigenvalue weighted by Crippen LogP contribution is -2.47. The van der Waals surface area contributed by atoms with E-state index >= 15 is 0 Å². The van der Waals surface area contributed by atoms with Gasteiger partial charge in [0.05, 0.1) is 6.61 Å². The van der Waals surface area contributed by atoms with Gasteiger partial charge in [0.25, 0.3) is 5.91 Å². The van der Waals surface area contributed by atoms with E-state index in [0.717, 1.165) is 18.2 Å². The number of hydrogen-bond donors (Lipinski definition) is 1. The lowest BCUT2D eigenvalue weighted by molar-refractivity contribution is -0.121. The summed E-state index contributed by atoms with van der Waals surface area (Å²) in [6.07, 6.45) is 1.06. The number of carbonyl (C=O) groups is 2. The smallest absolute Gasteiger partial charge is 0.254 e. The quantitative estimate of drug-likeness (QED) is 0.769. The van der Waals surface area contributed by atoms with Gasteiger partial charge >= 0.3 is 0 Å². The second-order valence-corrected chi connectivity index (χ2v) is 7.78. The maximum Gasteiger partial charge on any atom is 0.254 e. The van der Waals surface area contributed by atoms with Crippen molar-refractivity contribution in [3.05, 3.63) is 64.7 Å². The Labute approximate surface area is 172 Å². The van der Waals surface area contributed by atoms with Gasteiger partial charge in [-0.05, 0) is 43.2 Å². The summed E-state index contributed by atoms with van der Waals surface area (Å²) in [5.41, 5.74) is 4.87. The third-order valence-corrected chi connectivity index (χ3v) is 5.35. The van der Waals surface area contributed by atoms with Gasteiger partial charge in [-0.15, -0.1) is 0 Å². The van der Waals surface area contributed by atoms with Gasteiger partial charge in [0.2, 0.25) is 5.91 Å². The first kappa shape index (κ1) is 21.0. The molecule has 1 saturated heterocycles. The highest BCUT2D eigenvalue weighted by Gasteiger charge is 2.38. The van der Waals surface area contributed by atoms with Gasteiger partial charge in [0, 0.05) is 41.6 Å². The number of ether oxygens (including phenoxy) is 1. The average Bonchev–Trinajstić information content (AvgIpc) is 2.65. The maximum absolute atomic E-state index is 13.4. The summed E-state index contributed by atoms with van der Waals surface area (Å²) < 4.78 is 32.7. The summed E-state index contributed by atoms with van der Waals surface area (Å²) in [7, 11) is 0. The molecule has 0 bridgehead atoms. The van der Waals surface area contributed by atoms with Crippen molar-refractivity contribution in [1.82, 2.24) is 4.90 Å². The largest absolute Gasteiger partial charge is 0.493 e. The Bertz CT molecular complexity index is 894. The van der Waals surface area contributed by atoms with Crippen molar-refractivity contribution < 1.29 is 23.1 Å². The van der Waals surface area contributed by atoms with Crippen molar-refractivity contribution in [3.8, 4) is 5.75 Å². The van der Waals surface area contributed by atoms with Gasteiger partial charge in [-0.25, -0.2) is 8.78 Å². The molecule has 2 amide bonds. The Morgan fingerprint density at radius 1 is 1.10 bits per heavy atom. The van der Waals surface area contributed by atoms with E-state index in [1.807, 2.05) is 0 Å². The SMILES string of the molecule is NC(=O)CC1(COc2cccc(Cl)c2)CCN(C(=O)c2cc(F)cc(F)c2)CC1.